The number of ether oxygens (including phenoxy) is 2. The molecule has 2 aliphatic heterocycles. The average molecular weight is 225 g/mol. The van der Waals surface area contributed by atoms with Gasteiger partial charge in [-0.2, -0.15) is 0 Å². The Labute approximate surface area is 95.7 Å². The average Bonchev–Trinajstić information content (AvgIpc) is 2.76. The lowest BCUT2D eigenvalue weighted by atomic mass is 9.67. The Bertz CT molecular complexity index is 287. The maximum absolute atomic E-state index is 12.0. The van der Waals surface area contributed by atoms with Gasteiger partial charge in [-0.3, -0.25) is 4.79 Å². The smallest absolute Gasteiger partial charge is 0.226 e. The van der Waals surface area contributed by atoms with Gasteiger partial charge < -0.3 is 14.8 Å². The summed E-state index contributed by atoms with van der Waals surface area (Å²) in [7, 11) is 0. The van der Waals surface area contributed by atoms with Gasteiger partial charge >= 0.3 is 0 Å². The lowest BCUT2D eigenvalue weighted by molar-refractivity contribution is -0.194. The number of nitrogens with one attached hydrogen (secondary N) is 1. The van der Waals surface area contributed by atoms with Gasteiger partial charge in [-0.15, -0.1) is 0 Å². The molecule has 90 valence electrons. The Morgan fingerprint density at radius 3 is 2.31 bits per heavy atom. The van der Waals surface area contributed by atoms with Crippen LogP contribution in [-0.4, -0.2) is 31.5 Å². The molecular formula is C12H19NO3. The molecule has 3 fully saturated rings. The minimum Gasteiger partial charge on any atom is -0.356 e. The maximum atomic E-state index is 12.0. The standard InChI is InChI=1S/C12H19NO3/c14-10-11(2-1-7-13-10)3-5-12(6-4-11)15-8-9-16-12/h1-9H2,(H,13,14). The summed E-state index contributed by atoms with van der Waals surface area (Å²) in [5.74, 6) is -0.0882. The minimum absolute atomic E-state index is 0.112. The van der Waals surface area contributed by atoms with Crippen LogP contribution in [0.25, 0.3) is 0 Å². The minimum atomic E-state index is -0.344. The molecule has 2 spiro atoms. The lowest BCUT2D eigenvalue weighted by Crippen LogP contribution is -2.50. The van der Waals surface area contributed by atoms with Crippen LogP contribution in [0.1, 0.15) is 38.5 Å². The fourth-order valence-electron chi connectivity index (χ4n) is 3.30. The molecule has 1 amide bonds. The van der Waals surface area contributed by atoms with Gasteiger partial charge in [0.05, 0.1) is 13.2 Å². The summed E-state index contributed by atoms with van der Waals surface area (Å²) in [6.45, 7) is 2.26. The summed E-state index contributed by atoms with van der Waals surface area (Å²) in [4.78, 5) is 12.0. The van der Waals surface area contributed by atoms with Crippen molar-refractivity contribution in [2.75, 3.05) is 19.8 Å². The van der Waals surface area contributed by atoms with Crippen molar-refractivity contribution in [2.45, 2.75) is 44.3 Å². The van der Waals surface area contributed by atoms with Crippen molar-refractivity contribution in [2.24, 2.45) is 5.41 Å². The van der Waals surface area contributed by atoms with E-state index >= 15 is 0 Å². The van der Waals surface area contributed by atoms with E-state index in [4.69, 9.17) is 9.47 Å². The van der Waals surface area contributed by atoms with Gasteiger partial charge in [0.15, 0.2) is 5.79 Å². The molecule has 0 aromatic rings. The van der Waals surface area contributed by atoms with Crippen molar-refractivity contribution in [3.05, 3.63) is 0 Å². The molecular weight excluding hydrogens is 206 g/mol. The molecule has 3 aliphatic rings. The molecule has 3 rings (SSSR count). The predicted molar refractivity (Wildman–Crippen MR) is 57.8 cm³/mol. The zero-order valence-electron chi connectivity index (χ0n) is 9.59. The molecule has 0 unspecified atom stereocenters. The van der Waals surface area contributed by atoms with Gasteiger partial charge in [0, 0.05) is 24.8 Å². The largest absolute Gasteiger partial charge is 0.356 e. The summed E-state index contributed by atoms with van der Waals surface area (Å²) < 4.78 is 11.4. The van der Waals surface area contributed by atoms with E-state index in [1.807, 2.05) is 0 Å². The van der Waals surface area contributed by atoms with Crippen molar-refractivity contribution >= 4 is 5.91 Å². The Morgan fingerprint density at radius 2 is 1.69 bits per heavy atom. The first-order valence-electron chi connectivity index (χ1n) is 6.31. The van der Waals surface area contributed by atoms with Crippen LogP contribution in [0, 0.1) is 5.41 Å². The van der Waals surface area contributed by atoms with Gasteiger partial charge in [0.25, 0.3) is 0 Å². The molecule has 4 nitrogen and oxygen atoms in total. The fraction of sp³-hybridized carbons (Fsp3) is 0.917. The zero-order valence-corrected chi connectivity index (χ0v) is 9.59. The van der Waals surface area contributed by atoms with Crippen molar-refractivity contribution in [3.63, 3.8) is 0 Å². The third-order valence-corrected chi connectivity index (χ3v) is 4.38. The van der Waals surface area contributed by atoms with Crippen LogP contribution in [0.3, 0.4) is 0 Å². The van der Waals surface area contributed by atoms with Crippen LogP contribution in [0.5, 0.6) is 0 Å². The van der Waals surface area contributed by atoms with E-state index in [0.29, 0.717) is 13.2 Å². The number of piperidine rings is 1. The number of amides is 1. The maximum Gasteiger partial charge on any atom is 0.226 e. The fourth-order valence-corrected chi connectivity index (χ4v) is 3.30. The number of carbonyl (C=O) groups excluding carboxylic acids is 1. The van der Waals surface area contributed by atoms with Crippen molar-refractivity contribution in [3.8, 4) is 0 Å². The Kier molecular flexibility index (Phi) is 2.44. The molecule has 0 aromatic carbocycles. The second kappa shape index (κ2) is 3.70. The van der Waals surface area contributed by atoms with Crippen LogP contribution < -0.4 is 5.32 Å². The molecule has 1 N–H and O–H groups in total. The molecule has 0 aromatic heterocycles. The number of carbonyl (C=O) groups is 1. The highest BCUT2D eigenvalue weighted by Crippen LogP contribution is 2.48. The topological polar surface area (TPSA) is 47.6 Å². The zero-order chi connectivity index (χ0) is 11.1. The first-order chi connectivity index (χ1) is 7.75. The predicted octanol–water partition coefficient (Wildman–Crippen LogP) is 1.20. The summed E-state index contributed by atoms with van der Waals surface area (Å²) in [6.07, 6.45) is 5.73. The Balaban J connectivity index is 1.70. The SMILES string of the molecule is O=C1NCCCC12CCC1(CC2)OCCO1. The van der Waals surface area contributed by atoms with Crippen LogP contribution in [0.15, 0.2) is 0 Å². The second-order valence-electron chi connectivity index (χ2n) is 5.25. The molecule has 4 heteroatoms. The molecule has 2 saturated heterocycles. The van der Waals surface area contributed by atoms with Crippen molar-refractivity contribution < 1.29 is 14.3 Å². The molecule has 1 aliphatic carbocycles. The molecule has 1 saturated carbocycles. The third-order valence-electron chi connectivity index (χ3n) is 4.38. The molecule has 0 atom stereocenters. The summed E-state index contributed by atoms with van der Waals surface area (Å²) in [6, 6.07) is 0. The highest BCUT2D eigenvalue weighted by atomic mass is 16.7. The van der Waals surface area contributed by atoms with E-state index in [9.17, 15) is 4.79 Å². The summed E-state index contributed by atoms with van der Waals surface area (Å²) in [5, 5.41) is 3.00. The first kappa shape index (κ1) is 10.5. The van der Waals surface area contributed by atoms with Gasteiger partial charge in [0.1, 0.15) is 0 Å². The van der Waals surface area contributed by atoms with Crippen LogP contribution in [0.2, 0.25) is 0 Å². The second-order valence-corrected chi connectivity index (χ2v) is 5.25. The summed E-state index contributed by atoms with van der Waals surface area (Å²) in [5.41, 5.74) is -0.112. The quantitative estimate of drug-likeness (QED) is 0.674. The van der Waals surface area contributed by atoms with E-state index in [1.165, 1.54) is 0 Å². The molecule has 16 heavy (non-hydrogen) atoms. The van der Waals surface area contributed by atoms with E-state index < -0.39 is 0 Å². The summed E-state index contributed by atoms with van der Waals surface area (Å²) >= 11 is 0. The number of hydrogen-bond donors (Lipinski definition) is 1. The van der Waals surface area contributed by atoms with E-state index in [2.05, 4.69) is 5.32 Å². The van der Waals surface area contributed by atoms with E-state index in [0.717, 1.165) is 45.1 Å². The van der Waals surface area contributed by atoms with Crippen LogP contribution in [0.4, 0.5) is 0 Å². The molecule has 2 heterocycles. The highest BCUT2D eigenvalue weighted by molar-refractivity contribution is 5.83. The van der Waals surface area contributed by atoms with Gasteiger partial charge in [-0.05, 0) is 25.7 Å². The highest BCUT2D eigenvalue weighted by Gasteiger charge is 2.50. The van der Waals surface area contributed by atoms with Gasteiger partial charge in [-0.1, -0.05) is 0 Å². The van der Waals surface area contributed by atoms with Crippen molar-refractivity contribution in [1.29, 1.82) is 0 Å². The van der Waals surface area contributed by atoms with E-state index in [1.54, 1.807) is 0 Å². The Hall–Kier alpha value is -0.610. The van der Waals surface area contributed by atoms with Crippen LogP contribution >= 0.6 is 0 Å². The van der Waals surface area contributed by atoms with E-state index in [-0.39, 0.29) is 17.1 Å². The molecule has 0 bridgehead atoms. The van der Waals surface area contributed by atoms with Crippen LogP contribution in [-0.2, 0) is 14.3 Å². The Morgan fingerprint density at radius 1 is 1.00 bits per heavy atom. The van der Waals surface area contributed by atoms with Gasteiger partial charge in [-0.25, -0.2) is 0 Å². The third kappa shape index (κ3) is 1.55. The normalized spacial score (nSPS) is 31.9. The number of rotatable bonds is 0. The number of hydrogen-bond acceptors (Lipinski definition) is 3. The first-order valence-corrected chi connectivity index (χ1v) is 6.31. The van der Waals surface area contributed by atoms with Gasteiger partial charge in [0.2, 0.25) is 5.91 Å². The molecule has 0 radical (unpaired) electrons. The monoisotopic (exact) mass is 225 g/mol. The van der Waals surface area contributed by atoms with Crippen molar-refractivity contribution in [1.82, 2.24) is 5.32 Å². The lowest BCUT2D eigenvalue weighted by Gasteiger charge is -2.44.